The molecule has 8 nitrogen and oxygen atoms in total. The van der Waals surface area contributed by atoms with Crippen LogP contribution in [0, 0.1) is 5.92 Å². The lowest BCUT2D eigenvalue weighted by Gasteiger charge is -2.35. The predicted molar refractivity (Wildman–Crippen MR) is 149 cm³/mol. The van der Waals surface area contributed by atoms with E-state index in [0.29, 0.717) is 25.4 Å². The second-order valence-electron chi connectivity index (χ2n) is 11.3. The molecule has 3 N–H and O–H groups in total. The number of pyridine rings is 2. The molecule has 3 aliphatic rings. The van der Waals surface area contributed by atoms with E-state index in [2.05, 4.69) is 27.8 Å². The number of hydrogen-bond donors (Lipinski definition) is 3. The van der Waals surface area contributed by atoms with E-state index in [1.807, 2.05) is 30.3 Å². The van der Waals surface area contributed by atoms with Crippen LogP contribution in [-0.4, -0.2) is 52.2 Å². The molecule has 1 amide bonds. The number of aromatic nitrogens is 2. The Balaban J connectivity index is 0.957. The van der Waals surface area contributed by atoms with Gasteiger partial charge in [-0.15, -0.1) is 0 Å². The number of benzene rings is 1. The van der Waals surface area contributed by atoms with Gasteiger partial charge in [0.25, 0.3) is 0 Å². The van der Waals surface area contributed by atoms with Crippen LogP contribution < -0.4 is 10.6 Å². The fourth-order valence-corrected chi connectivity index (χ4v) is 6.01. The first-order chi connectivity index (χ1) is 19.0. The Bertz CT molecular complexity index is 1360. The Hall–Kier alpha value is -3.52. The number of rotatable bonds is 11. The second-order valence-corrected chi connectivity index (χ2v) is 11.3. The van der Waals surface area contributed by atoms with E-state index in [1.165, 1.54) is 12.0 Å². The first-order valence-corrected chi connectivity index (χ1v) is 14.2. The monoisotopic (exact) mass is 528 g/mol. The van der Waals surface area contributed by atoms with E-state index in [0.717, 1.165) is 66.6 Å². The Labute approximate surface area is 228 Å². The van der Waals surface area contributed by atoms with Crippen LogP contribution in [-0.2, 0) is 32.6 Å². The second kappa shape index (κ2) is 10.9. The third-order valence-electron chi connectivity index (χ3n) is 8.63. The Morgan fingerprint density at radius 2 is 2.00 bits per heavy atom. The third kappa shape index (κ3) is 5.48. The molecule has 3 heterocycles. The number of fused-ring (bicyclic) bond motifs is 2. The number of carbonyl (C=O) groups excluding carboxylic acids is 1. The van der Waals surface area contributed by atoms with Crippen LogP contribution >= 0.6 is 0 Å². The quantitative estimate of drug-likeness (QED) is 0.338. The molecule has 2 fully saturated rings. The van der Waals surface area contributed by atoms with Gasteiger partial charge in [0.05, 0.1) is 17.2 Å². The maximum absolute atomic E-state index is 13.3. The summed E-state index contributed by atoms with van der Waals surface area (Å²) in [5.41, 5.74) is 2.44. The minimum atomic E-state index is -1.04. The molecule has 204 valence electrons. The van der Waals surface area contributed by atoms with E-state index < -0.39 is 17.4 Å². The van der Waals surface area contributed by atoms with Gasteiger partial charge in [0, 0.05) is 36.8 Å². The molecule has 1 atom stereocenters. The van der Waals surface area contributed by atoms with Crippen molar-refractivity contribution >= 4 is 28.5 Å². The average Bonchev–Trinajstić information content (AvgIpc) is 3.74. The number of aliphatic carboxylic acids is 1. The van der Waals surface area contributed by atoms with Crippen molar-refractivity contribution in [3.8, 4) is 0 Å². The summed E-state index contributed by atoms with van der Waals surface area (Å²) in [7, 11) is 0. The van der Waals surface area contributed by atoms with Crippen molar-refractivity contribution in [3.63, 3.8) is 0 Å². The molecule has 3 aromatic rings. The standard InChI is InChI=1S/C31H36N4O4/c36-29(37)26(35-30(38)31(13-14-31)27-25-6-2-1-4-21(25)11-16-32-27)12-17-39-24-18-20(19-24)7-9-23-10-8-22-5-3-15-33-28(22)34-23/h1-2,4,6,8,10-11,16,20,24,26H,3,5,7,9,12-15,17-19H2,(H,33,34)(H,35,38)(H,36,37)/t20-,24-,26?. The molecule has 1 aliphatic heterocycles. The van der Waals surface area contributed by atoms with Crippen molar-refractivity contribution in [1.29, 1.82) is 0 Å². The van der Waals surface area contributed by atoms with Crippen LogP contribution in [0.4, 0.5) is 5.82 Å². The Morgan fingerprint density at radius 1 is 1.15 bits per heavy atom. The summed E-state index contributed by atoms with van der Waals surface area (Å²) < 4.78 is 5.99. The highest BCUT2D eigenvalue weighted by molar-refractivity contribution is 5.98. The van der Waals surface area contributed by atoms with E-state index in [9.17, 15) is 14.7 Å². The molecule has 8 heteroatoms. The Morgan fingerprint density at radius 3 is 2.82 bits per heavy atom. The number of hydrogen-bond acceptors (Lipinski definition) is 6. The van der Waals surface area contributed by atoms with Crippen LogP contribution in [0.5, 0.6) is 0 Å². The lowest BCUT2D eigenvalue weighted by atomic mass is 9.79. The zero-order valence-corrected chi connectivity index (χ0v) is 22.2. The van der Waals surface area contributed by atoms with Gasteiger partial charge < -0.3 is 20.5 Å². The van der Waals surface area contributed by atoms with Crippen molar-refractivity contribution in [1.82, 2.24) is 15.3 Å². The number of ether oxygens (including phenoxy) is 1. The maximum atomic E-state index is 13.3. The first kappa shape index (κ1) is 25.7. The van der Waals surface area contributed by atoms with Crippen molar-refractivity contribution in [3.05, 3.63) is 65.6 Å². The lowest BCUT2D eigenvalue weighted by Crippen LogP contribution is -2.46. The van der Waals surface area contributed by atoms with Crippen LogP contribution in [0.25, 0.3) is 10.8 Å². The number of aryl methyl sites for hydroxylation is 2. The third-order valence-corrected chi connectivity index (χ3v) is 8.63. The summed E-state index contributed by atoms with van der Waals surface area (Å²) in [6.45, 7) is 1.31. The van der Waals surface area contributed by atoms with Gasteiger partial charge in [-0.05, 0) is 80.4 Å². The Kier molecular flexibility index (Phi) is 7.21. The summed E-state index contributed by atoms with van der Waals surface area (Å²) >= 11 is 0. The topological polar surface area (TPSA) is 113 Å². The highest BCUT2D eigenvalue weighted by atomic mass is 16.5. The molecule has 2 aliphatic carbocycles. The molecular weight excluding hydrogens is 492 g/mol. The molecule has 0 radical (unpaired) electrons. The molecule has 1 unspecified atom stereocenters. The molecule has 6 rings (SSSR count). The van der Waals surface area contributed by atoms with Gasteiger partial charge in [-0.2, -0.15) is 0 Å². The smallest absolute Gasteiger partial charge is 0.326 e. The highest BCUT2D eigenvalue weighted by Gasteiger charge is 2.54. The summed E-state index contributed by atoms with van der Waals surface area (Å²) in [5, 5.41) is 18.0. The summed E-state index contributed by atoms with van der Waals surface area (Å²) in [6, 6.07) is 13.2. The first-order valence-electron chi connectivity index (χ1n) is 14.2. The molecule has 0 spiro atoms. The largest absolute Gasteiger partial charge is 0.480 e. The van der Waals surface area contributed by atoms with Crippen LogP contribution in [0.1, 0.15) is 61.9 Å². The van der Waals surface area contributed by atoms with Crippen LogP contribution in [0.15, 0.2) is 48.7 Å². The van der Waals surface area contributed by atoms with Crippen molar-refractivity contribution in [2.24, 2.45) is 5.92 Å². The van der Waals surface area contributed by atoms with Crippen molar-refractivity contribution in [2.75, 3.05) is 18.5 Å². The number of nitrogens with zero attached hydrogens (tertiary/aromatic N) is 2. The SMILES string of the molecule is O=C(O)C(CCO[C@H]1C[C@H](CCc2ccc3c(n2)NCCC3)C1)NC(=O)C1(c2nccc3ccccc23)CC1. The van der Waals surface area contributed by atoms with Crippen molar-refractivity contribution < 1.29 is 19.4 Å². The van der Waals surface area contributed by atoms with Gasteiger partial charge >= 0.3 is 5.97 Å². The van der Waals surface area contributed by atoms with Gasteiger partial charge in [-0.3, -0.25) is 9.78 Å². The number of carbonyl (C=O) groups is 2. The summed E-state index contributed by atoms with van der Waals surface area (Å²) in [6.07, 6.45) is 9.77. The van der Waals surface area contributed by atoms with Gasteiger partial charge in [0.15, 0.2) is 0 Å². The molecule has 1 aromatic carbocycles. The number of carboxylic acid groups (broad SMARTS) is 1. The number of amides is 1. The van der Waals surface area contributed by atoms with Gasteiger partial charge in [0.2, 0.25) is 5.91 Å². The molecule has 2 saturated carbocycles. The van der Waals surface area contributed by atoms with Crippen LogP contribution in [0.2, 0.25) is 0 Å². The van der Waals surface area contributed by atoms with Gasteiger partial charge in [0.1, 0.15) is 11.9 Å². The fourth-order valence-electron chi connectivity index (χ4n) is 6.01. The van der Waals surface area contributed by atoms with Gasteiger partial charge in [-0.1, -0.05) is 30.3 Å². The lowest BCUT2D eigenvalue weighted by molar-refractivity contribution is -0.143. The zero-order valence-electron chi connectivity index (χ0n) is 22.2. The molecule has 0 bridgehead atoms. The molecule has 2 aromatic heterocycles. The van der Waals surface area contributed by atoms with Gasteiger partial charge in [-0.25, -0.2) is 9.78 Å². The highest BCUT2D eigenvalue weighted by Crippen LogP contribution is 2.49. The van der Waals surface area contributed by atoms with Crippen LogP contribution in [0.3, 0.4) is 0 Å². The van der Waals surface area contributed by atoms with E-state index in [1.54, 1.807) is 6.20 Å². The molecule has 39 heavy (non-hydrogen) atoms. The fraction of sp³-hybridized carbons (Fsp3) is 0.484. The average molecular weight is 529 g/mol. The van der Waals surface area contributed by atoms with E-state index >= 15 is 0 Å². The predicted octanol–water partition coefficient (Wildman–Crippen LogP) is 4.41. The zero-order chi connectivity index (χ0) is 26.8. The minimum Gasteiger partial charge on any atom is -0.480 e. The number of nitrogens with one attached hydrogen (secondary N) is 2. The summed E-state index contributed by atoms with van der Waals surface area (Å²) in [5.74, 6) is 0.369. The summed E-state index contributed by atoms with van der Waals surface area (Å²) in [4.78, 5) is 34.6. The van der Waals surface area contributed by atoms with E-state index in [-0.39, 0.29) is 18.4 Å². The molecular formula is C31H36N4O4. The molecule has 0 saturated heterocycles. The van der Waals surface area contributed by atoms with Crippen molar-refractivity contribution in [2.45, 2.75) is 75.3 Å². The van der Waals surface area contributed by atoms with E-state index in [4.69, 9.17) is 9.72 Å². The number of carboxylic acids is 1. The number of anilines is 1. The normalized spacial score (nSPS) is 21.7. The minimum absolute atomic E-state index is 0.160. The maximum Gasteiger partial charge on any atom is 0.326 e.